The molecular formula is C7H14O4. The molecule has 1 aliphatic heterocycles. The van der Waals surface area contributed by atoms with Gasteiger partial charge in [-0.15, -0.1) is 0 Å². The number of methoxy groups -OCH3 is 1. The van der Waals surface area contributed by atoms with Crippen molar-refractivity contribution in [3.8, 4) is 0 Å². The third kappa shape index (κ3) is 2.41. The van der Waals surface area contributed by atoms with E-state index >= 15 is 0 Å². The second-order valence-corrected chi connectivity index (χ2v) is 2.60. The summed E-state index contributed by atoms with van der Waals surface area (Å²) in [5.41, 5.74) is 0. The number of hydrogen-bond donors (Lipinski definition) is 1. The molecule has 0 aliphatic carbocycles. The van der Waals surface area contributed by atoms with Gasteiger partial charge in [0.2, 0.25) is 0 Å². The Balaban J connectivity index is 2.34. The fraction of sp³-hybridized carbons (Fsp3) is 1.00. The lowest BCUT2D eigenvalue weighted by Gasteiger charge is -2.31. The van der Waals surface area contributed by atoms with E-state index < -0.39 is 6.10 Å². The summed E-state index contributed by atoms with van der Waals surface area (Å²) in [6.45, 7) is 2.54. The van der Waals surface area contributed by atoms with Crippen LogP contribution in [0.3, 0.4) is 0 Å². The van der Waals surface area contributed by atoms with Gasteiger partial charge in [0.15, 0.2) is 6.29 Å². The van der Waals surface area contributed by atoms with Gasteiger partial charge in [0.25, 0.3) is 0 Å². The molecule has 0 aromatic carbocycles. The third-order valence-corrected chi connectivity index (χ3v) is 1.63. The second-order valence-electron chi connectivity index (χ2n) is 2.60. The van der Waals surface area contributed by atoms with Crippen LogP contribution < -0.4 is 0 Å². The molecular weight excluding hydrogens is 148 g/mol. The van der Waals surface area contributed by atoms with Crippen LogP contribution in [0.25, 0.3) is 0 Å². The Hall–Kier alpha value is -0.160. The van der Waals surface area contributed by atoms with Crippen LogP contribution in [0.4, 0.5) is 0 Å². The van der Waals surface area contributed by atoms with Crippen LogP contribution in [0, 0.1) is 0 Å². The molecule has 1 saturated heterocycles. The minimum atomic E-state index is -0.564. The van der Waals surface area contributed by atoms with Crippen LogP contribution in [0.2, 0.25) is 0 Å². The van der Waals surface area contributed by atoms with Crippen LogP contribution in [0.5, 0.6) is 0 Å². The second kappa shape index (κ2) is 4.01. The van der Waals surface area contributed by atoms with Gasteiger partial charge in [-0.1, -0.05) is 0 Å². The zero-order valence-electron chi connectivity index (χ0n) is 6.82. The van der Waals surface area contributed by atoms with Crippen LogP contribution in [0.15, 0.2) is 0 Å². The summed E-state index contributed by atoms with van der Waals surface area (Å²) < 4.78 is 15.1. The summed E-state index contributed by atoms with van der Waals surface area (Å²) in [6.07, 6.45) is -1.05. The van der Waals surface area contributed by atoms with Crippen molar-refractivity contribution in [3.05, 3.63) is 0 Å². The zero-order valence-corrected chi connectivity index (χ0v) is 6.82. The monoisotopic (exact) mass is 162 g/mol. The Morgan fingerprint density at radius 2 is 2.36 bits per heavy atom. The quantitative estimate of drug-likeness (QED) is 0.608. The van der Waals surface area contributed by atoms with Crippen LogP contribution in [-0.2, 0) is 14.2 Å². The largest absolute Gasteiger partial charge is 0.388 e. The van der Waals surface area contributed by atoms with E-state index in [1.165, 1.54) is 0 Å². The summed E-state index contributed by atoms with van der Waals surface area (Å²) in [7, 11) is 1.58. The van der Waals surface area contributed by atoms with Crippen LogP contribution in [-0.4, -0.2) is 43.9 Å². The van der Waals surface area contributed by atoms with Gasteiger partial charge >= 0.3 is 0 Å². The first-order valence-electron chi connectivity index (χ1n) is 3.68. The van der Waals surface area contributed by atoms with E-state index in [-0.39, 0.29) is 12.4 Å². The number of hydrogen-bond acceptors (Lipinski definition) is 4. The van der Waals surface area contributed by atoms with E-state index in [4.69, 9.17) is 14.2 Å². The SMILES string of the molecule is COC[C@@H]1OC(C)OC[C@@H]1O. The van der Waals surface area contributed by atoms with Gasteiger partial charge in [-0.2, -0.15) is 0 Å². The average Bonchev–Trinajstić information content (AvgIpc) is 1.98. The van der Waals surface area contributed by atoms with Gasteiger partial charge in [-0.05, 0) is 6.92 Å². The molecule has 0 amide bonds. The molecule has 4 nitrogen and oxygen atoms in total. The average molecular weight is 162 g/mol. The molecule has 0 saturated carbocycles. The van der Waals surface area contributed by atoms with Gasteiger partial charge in [0.05, 0.1) is 13.2 Å². The first-order valence-corrected chi connectivity index (χ1v) is 3.68. The van der Waals surface area contributed by atoms with Gasteiger partial charge in [0, 0.05) is 7.11 Å². The molecule has 1 fully saturated rings. The Labute approximate surface area is 66.1 Å². The Kier molecular flexibility index (Phi) is 3.26. The minimum Gasteiger partial charge on any atom is -0.388 e. The molecule has 0 aromatic rings. The molecule has 66 valence electrons. The lowest BCUT2D eigenvalue weighted by molar-refractivity contribution is -0.252. The smallest absolute Gasteiger partial charge is 0.155 e. The van der Waals surface area contributed by atoms with Crippen molar-refractivity contribution in [2.75, 3.05) is 20.3 Å². The minimum absolute atomic E-state index is 0.237. The summed E-state index contributed by atoms with van der Waals surface area (Å²) >= 11 is 0. The Bertz CT molecular complexity index is 117. The molecule has 1 N–H and O–H groups in total. The maximum atomic E-state index is 9.29. The van der Waals surface area contributed by atoms with Crippen molar-refractivity contribution in [2.24, 2.45) is 0 Å². The fourth-order valence-corrected chi connectivity index (χ4v) is 1.03. The molecule has 1 heterocycles. The molecule has 1 aliphatic rings. The topological polar surface area (TPSA) is 47.9 Å². The molecule has 0 aromatic heterocycles. The highest BCUT2D eigenvalue weighted by Gasteiger charge is 2.27. The fourth-order valence-electron chi connectivity index (χ4n) is 1.03. The highest BCUT2D eigenvalue weighted by molar-refractivity contribution is 4.71. The summed E-state index contributed by atoms with van der Waals surface area (Å²) in [5, 5.41) is 9.29. The molecule has 0 radical (unpaired) electrons. The van der Waals surface area contributed by atoms with E-state index in [1.54, 1.807) is 14.0 Å². The van der Waals surface area contributed by atoms with Gasteiger partial charge in [0.1, 0.15) is 12.2 Å². The normalized spacial score (nSPS) is 39.0. The first-order chi connectivity index (χ1) is 5.24. The molecule has 0 spiro atoms. The van der Waals surface area contributed by atoms with E-state index in [0.717, 1.165) is 0 Å². The number of ether oxygens (including phenoxy) is 3. The summed E-state index contributed by atoms with van der Waals surface area (Å²) in [5.74, 6) is 0. The zero-order chi connectivity index (χ0) is 8.27. The van der Waals surface area contributed by atoms with Gasteiger partial charge < -0.3 is 19.3 Å². The van der Waals surface area contributed by atoms with Crippen molar-refractivity contribution >= 4 is 0 Å². The lowest BCUT2D eigenvalue weighted by Crippen LogP contribution is -2.44. The Morgan fingerprint density at radius 3 is 3.00 bits per heavy atom. The molecule has 1 unspecified atom stereocenters. The standard InChI is InChI=1S/C7H14O4/c1-5-10-3-6(8)7(11-5)4-9-2/h5-8H,3-4H2,1-2H3/t5?,6-,7-/m0/s1. The van der Waals surface area contributed by atoms with Crippen molar-refractivity contribution in [1.29, 1.82) is 0 Å². The number of aliphatic hydroxyl groups excluding tert-OH is 1. The van der Waals surface area contributed by atoms with Crippen molar-refractivity contribution in [2.45, 2.75) is 25.4 Å². The highest BCUT2D eigenvalue weighted by Crippen LogP contribution is 2.12. The third-order valence-electron chi connectivity index (χ3n) is 1.63. The molecule has 3 atom stereocenters. The molecule has 0 bridgehead atoms. The highest BCUT2D eigenvalue weighted by atomic mass is 16.7. The summed E-state index contributed by atoms with van der Waals surface area (Å²) in [6, 6.07) is 0. The van der Waals surface area contributed by atoms with E-state index in [1.807, 2.05) is 0 Å². The van der Waals surface area contributed by atoms with E-state index in [2.05, 4.69) is 0 Å². The first kappa shape index (κ1) is 8.93. The molecule has 11 heavy (non-hydrogen) atoms. The molecule has 4 heteroatoms. The maximum Gasteiger partial charge on any atom is 0.155 e. The van der Waals surface area contributed by atoms with Crippen molar-refractivity contribution < 1.29 is 19.3 Å². The van der Waals surface area contributed by atoms with Crippen LogP contribution >= 0.6 is 0 Å². The van der Waals surface area contributed by atoms with E-state index in [9.17, 15) is 5.11 Å². The van der Waals surface area contributed by atoms with E-state index in [0.29, 0.717) is 13.2 Å². The van der Waals surface area contributed by atoms with Gasteiger partial charge in [-0.3, -0.25) is 0 Å². The number of rotatable bonds is 2. The maximum absolute atomic E-state index is 9.29. The van der Waals surface area contributed by atoms with Crippen LogP contribution in [0.1, 0.15) is 6.92 Å². The predicted octanol–water partition coefficient (Wildman–Crippen LogP) is -0.245. The van der Waals surface area contributed by atoms with Crippen molar-refractivity contribution in [1.82, 2.24) is 0 Å². The Morgan fingerprint density at radius 1 is 1.64 bits per heavy atom. The lowest BCUT2D eigenvalue weighted by atomic mass is 10.2. The van der Waals surface area contributed by atoms with Gasteiger partial charge in [-0.25, -0.2) is 0 Å². The molecule has 1 rings (SSSR count). The predicted molar refractivity (Wildman–Crippen MR) is 38.2 cm³/mol. The number of aliphatic hydroxyl groups is 1. The summed E-state index contributed by atoms with van der Waals surface area (Å²) in [4.78, 5) is 0. The van der Waals surface area contributed by atoms with Crippen molar-refractivity contribution in [3.63, 3.8) is 0 Å².